The maximum Gasteiger partial charge on any atom is 0.243 e. The Morgan fingerprint density at radius 3 is 2.75 bits per heavy atom. The molecule has 1 fully saturated rings. The Labute approximate surface area is 108 Å². The molecule has 0 unspecified atom stereocenters. The molecule has 2 heterocycles. The average molecular weight is 301 g/mol. The van der Waals surface area contributed by atoms with Crippen molar-refractivity contribution in [3.05, 3.63) is 14.7 Å². The predicted molar refractivity (Wildman–Crippen MR) is 65.9 cm³/mol. The van der Waals surface area contributed by atoms with Crippen LogP contribution in [-0.2, 0) is 10.0 Å². The molecule has 1 aromatic rings. The van der Waals surface area contributed by atoms with Gasteiger partial charge in [-0.3, -0.25) is 0 Å². The molecule has 0 aliphatic carbocycles. The van der Waals surface area contributed by atoms with Crippen LogP contribution in [0.15, 0.2) is 11.0 Å². The molecule has 0 spiro atoms. The van der Waals surface area contributed by atoms with Crippen molar-refractivity contribution >= 4 is 44.6 Å². The number of hydrogen-bond donors (Lipinski definition) is 2. The lowest BCUT2D eigenvalue weighted by molar-refractivity contribution is 0.560. The smallest absolute Gasteiger partial charge is 0.243 e. The molecule has 0 radical (unpaired) electrons. The maximum atomic E-state index is 11.9. The molecular weight excluding hydrogens is 291 g/mol. The lowest BCUT2D eigenvalue weighted by Crippen LogP contribution is -2.36. The van der Waals surface area contributed by atoms with Crippen molar-refractivity contribution in [1.82, 2.24) is 10.0 Å². The summed E-state index contributed by atoms with van der Waals surface area (Å²) in [5, 5.41) is 3.08. The summed E-state index contributed by atoms with van der Waals surface area (Å²) in [6.07, 6.45) is 0.786. The van der Waals surface area contributed by atoms with Gasteiger partial charge >= 0.3 is 0 Å². The van der Waals surface area contributed by atoms with Gasteiger partial charge in [-0.25, -0.2) is 13.1 Å². The fourth-order valence-electron chi connectivity index (χ4n) is 1.55. The molecule has 8 heteroatoms. The van der Waals surface area contributed by atoms with Crippen molar-refractivity contribution in [2.75, 3.05) is 13.1 Å². The van der Waals surface area contributed by atoms with Gasteiger partial charge in [0.15, 0.2) is 0 Å². The normalized spacial score (nSPS) is 21.5. The lowest BCUT2D eigenvalue weighted by atomic mass is 10.3. The Bertz CT molecular complexity index is 480. The van der Waals surface area contributed by atoms with Gasteiger partial charge in [0.1, 0.15) is 9.23 Å². The summed E-state index contributed by atoms with van der Waals surface area (Å²) < 4.78 is 27.1. The largest absolute Gasteiger partial charge is 0.315 e. The molecule has 0 aromatic carbocycles. The molecule has 2 rings (SSSR count). The first-order chi connectivity index (χ1) is 7.49. The van der Waals surface area contributed by atoms with Crippen molar-refractivity contribution in [2.24, 2.45) is 0 Å². The van der Waals surface area contributed by atoms with E-state index in [2.05, 4.69) is 10.0 Å². The van der Waals surface area contributed by atoms with Gasteiger partial charge < -0.3 is 5.32 Å². The predicted octanol–water partition coefficient (Wildman–Crippen LogP) is 1.70. The SMILES string of the molecule is O=S(=O)(N[C@H]1CCNC1)c1cc(Cl)sc1Cl. The van der Waals surface area contributed by atoms with Gasteiger partial charge in [-0.2, -0.15) is 0 Å². The summed E-state index contributed by atoms with van der Waals surface area (Å²) in [7, 11) is -3.55. The van der Waals surface area contributed by atoms with Crippen molar-refractivity contribution < 1.29 is 8.42 Å². The molecule has 1 aliphatic heterocycles. The van der Waals surface area contributed by atoms with Crippen LogP contribution in [0.3, 0.4) is 0 Å². The Morgan fingerprint density at radius 2 is 2.25 bits per heavy atom. The first kappa shape index (κ1) is 12.6. The highest BCUT2D eigenvalue weighted by Gasteiger charge is 2.25. The monoisotopic (exact) mass is 300 g/mol. The zero-order valence-electron chi connectivity index (χ0n) is 8.16. The summed E-state index contributed by atoms with van der Waals surface area (Å²) in [6.45, 7) is 1.47. The molecule has 2 N–H and O–H groups in total. The summed E-state index contributed by atoms with van der Waals surface area (Å²) in [5.74, 6) is 0. The van der Waals surface area contributed by atoms with E-state index < -0.39 is 10.0 Å². The van der Waals surface area contributed by atoms with E-state index in [1.54, 1.807) is 0 Å². The average Bonchev–Trinajstić information content (AvgIpc) is 2.75. The minimum atomic E-state index is -3.55. The van der Waals surface area contributed by atoms with Gasteiger partial charge in [-0.05, 0) is 19.0 Å². The Balaban J connectivity index is 2.21. The summed E-state index contributed by atoms with van der Waals surface area (Å²) in [6, 6.07) is 1.30. The molecular formula is C8H10Cl2N2O2S2. The van der Waals surface area contributed by atoms with Crippen LogP contribution < -0.4 is 10.0 Å². The van der Waals surface area contributed by atoms with E-state index >= 15 is 0 Å². The van der Waals surface area contributed by atoms with E-state index in [1.165, 1.54) is 6.07 Å². The molecule has 4 nitrogen and oxygen atoms in total. The van der Waals surface area contributed by atoms with Gasteiger partial charge in [0.25, 0.3) is 0 Å². The number of thiophene rings is 1. The molecule has 0 amide bonds. The summed E-state index contributed by atoms with van der Waals surface area (Å²) >= 11 is 12.6. The second-order valence-electron chi connectivity index (χ2n) is 3.50. The highest BCUT2D eigenvalue weighted by atomic mass is 35.5. The number of nitrogens with one attached hydrogen (secondary N) is 2. The molecule has 1 saturated heterocycles. The second-order valence-corrected chi connectivity index (χ2v) is 7.47. The highest BCUT2D eigenvalue weighted by Crippen LogP contribution is 2.34. The van der Waals surface area contributed by atoms with Crippen LogP contribution in [0, 0.1) is 0 Å². The van der Waals surface area contributed by atoms with Crippen LogP contribution in [0.4, 0.5) is 0 Å². The van der Waals surface area contributed by atoms with Gasteiger partial charge in [0.05, 0.1) is 4.34 Å². The molecule has 16 heavy (non-hydrogen) atoms. The Morgan fingerprint density at radius 1 is 1.50 bits per heavy atom. The quantitative estimate of drug-likeness (QED) is 0.893. The summed E-state index contributed by atoms with van der Waals surface area (Å²) in [5.41, 5.74) is 0. The van der Waals surface area contributed by atoms with E-state index in [0.29, 0.717) is 10.9 Å². The minimum absolute atomic E-state index is 0.0658. The minimum Gasteiger partial charge on any atom is -0.315 e. The van der Waals surface area contributed by atoms with Gasteiger partial charge in [0, 0.05) is 12.6 Å². The van der Waals surface area contributed by atoms with Crippen LogP contribution in [0.25, 0.3) is 0 Å². The maximum absolute atomic E-state index is 11.9. The fraction of sp³-hybridized carbons (Fsp3) is 0.500. The second kappa shape index (κ2) is 4.80. The first-order valence-electron chi connectivity index (χ1n) is 4.67. The molecule has 0 bridgehead atoms. The van der Waals surface area contributed by atoms with Crippen molar-refractivity contribution in [1.29, 1.82) is 0 Å². The van der Waals surface area contributed by atoms with Crippen molar-refractivity contribution in [3.8, 4) is 0 Å². The third kappa shape index (κ3) is 2.69. The van der Waals surface area contributed by atoms with E-state index in [-0.39, 0.29) is 15.3 Å². The third-order valence-electron chi connectivity index (χ3n) is 2.30. The van der Waals surface area contributed by atoms with Crippen LogP contribution in [0.1, 0.15) is 6.42 Å². The van der Waals surface area contributed by atoms with E-state index in [9.17, 15) is 8.42 Å². The number of rotatable bonds is 3. The first-order valence-corrected chi connectivity index (χ1v) is 7.72. The zero-order chi connectivity index (χ0) is 11.8. The van der Waals surface area contributed by atoms with E-state index in [0.717, 1.165) is 24.3 Å². The molecule has 0 saturated carbocycles. The molecule has 1 atom stereocenters. The van der Waals surface area contributed by atoms with Crippen molar-refractivity contribution in [3.63, 3.8) is 0 Å². The highest BCUT2D eigenvalue weighted by molar-refractivity contribution is 7.89. The van der Waals surface area contributed by atoms with E-state index in [1.807, 2.05) is 0 Å². The molecule has 90 valence electrons. The number of hydrogen-bond acceptors (Lipinski definition) is 4. The van der Waals surface area contributed by atoms with Gasteiger partial charge in [-0.1, -0.05) is 23.2 Å². The molecule has 1 aromatic heterocycles. The third-order valence-corrected chi connectivity index (χ3v) is 5.57. The zero-order valence-corrected chi connectivity index (χ0v) is 11.3. The fourth-order valence-corrected chi connectivity index (χ4v) is 4.97. The van der Waals surface area contributed by atoms with Gasteiger partial charge in [-0.15, -0.1) is 11.3 Å². The standard InChI is InChI=1S/C8H10Cl2N2O2S2/c9-7-3-6(8(10)15-7)16(13,14)12-5-1-2-11-4-5/h3,5,11-12H,1-2,4H2/t5-/m0/s1. The Hall–Kier alpha value is 0.150. The van der Waals surface area contributed by atoms with Crippen LogP contribution >= 0.6 is 34.5 Å². The Kier molecular flexibility index (Phi) is 3.78. The summed E-state index contributed by atoms with van der Waals surface area (Å²) in [4.78, 5) is 0.0658. The van der Waals surface area contributed by atoms with Crippen LogP contribution in [-0.4, -0.2) is 27.5 Å². The van der Waals surface area contributed by atoms with Crippen molar-refractivity contribution in [2.45, 2.75) is 17.4 Å². The number of sulfonamides is 1. The van der Waals surface area contributed by atoms with E-state index in [4.69, 9.17) is 23.2 Å². The topological polar surface area (TPSA) is 58.2 Å². The van der Waals surface area contributed by atoms with Gasteiger partial charge in [0.2, 0.25) is 10.0 Å². The van der Waals surface area contributed by atoms with Crippen LogP contribution in [0.2, 0.25) is 8.67 Å². The van der Waals surface area contributed by atoms with Crippen LogP contribution in [0.5, 0.6) is 0 Å². The lowest BCUT2D eigenvalue weighted by Gasteiger charge is -2.10. The number of halogens is 2. The molecule has 1 aliphatic rings.